The molecule has 6 nitrogen and oxygen atoms in total. The van der Waals surface area contributed by atoms with Crippen LogP contribution in [-0.2, 0) is 6.42 Å². The number of amides is 1. The van der Waals surface area contributed by atoms with E-state index in [2.05, 4.69) is 35.8 Å². The number of benzene rings is 1. The summed E-state index contributed by atoms with van der Waals surface area (Å²) in [4.78, 5) is 28.9. The van der Waals surface area contributed by atoms with Crippen molar-refractivity contribution in [1.82, 2.24) is 19.9 Å². The van der Waals surface area contributed by atoms with Gasteiger partial charge in [0.1, 0.15) is 12.1 Å². The van der Waals surface area contributed by atoms with Crippen molar-refractivity contribution in [3.63, 3.8) is 0 Å². The van der Waals surface area contributed by atoms with E-state index in [1.165, 1.54) is 0 Å². The van der Waals surface area contributed by atoms with Gasteiger partial charge < -0.3 is 9.32 Å². The second-order valence-electron chi connectivity index (χ2n) is 7.86. The van der Waals surface area contributed by atoms with Crippen molar-refractivity contribution in [2.45, 2.75) is 44.7 Å². The molecule has 2 aliphatic heterocycles. The lowest BCUT2D eigenvalue weighted by Gasteiger charge is -2.25. The highest BCUT2D eigenvalue weighted by Crippen LogP contribution is 2.44. The first kappa shape index (κ1) is 18.5. The molecule has 3 atom stereocenters. The van der Waals surface area contributed by atoms with Crippen molar-refractivity contribution < 1.29 is 9.21 Å². The number of halogens is 1. The number of carbonyl (C=O) groups is 1. The minimum Gasteiger partial charge on any atom is -0.444 e. The van der Waals surface area contributed by atoms with Crippen LogP contribution in [0.2, 0.25) is 0 Å². The summed E-state index contributed by atoms with van der Waals surface area (Å²) in [5.41, 5.74) is 2.45. The molecule has 0 saturated carbocycles. The number of fused-ring (bicyclic) bond motifs is 2. The van der Waals surface area contributed by atoms with Gasteiger partial charge in [-0.05, 0) is 59.7 Å². The second-order valence-corrected chi connectivity index (χ2v) is 8.78. The van der Waals surface area contributed by atoms with E-state index in [0.29, 0.717) is 17.4 Å². The molecule has 3 aromatic rings. The summed E-state index contributed by atoms with van der Waals surface area (Å²) in [5, 5.41) is 0. The normalized spacial score (nSPS) is 23.0. The van der Waals surface area contributed by atoms with Gasteiger partial charge in [-0.2, -0.15) is 0 Å². The van der Waals surface area contributed by atoms with Gasteiger partial charge in [0.05, 0.1) is 21.8 Å². The van der Waals surface area contributed by atoms with Crippen LogP contribution in [-0.4, -0.2) is 37.8 Å². The molecule has 2 aliphatic rings. The highest BCUT2D eigenvalue weighted by atomic mass is 79.9. The molecule has 4 heterocycles. The van der Waals surface area contributed by atoms with Gasteiger partial charge in [0, 0.05) is 30.9 Å². The maximum atomic E-state index is 13.6. The molecule has 2 aromatic heterocycles. The Labute approximate surface area is 177 Å². The van der Waals surface area contributed by atoms with Crippen LogP contribution in [0.1, 0.15) is 41.0 Å². The van der Waals surface area contributed by atoms with E-state index in [4.69, 9.17) is 4.42 Å². The van der Waals surface area contributed by atoms with Crippen molar-refractivity contribution in [2.24, 2.45) is 5.92 Å². The number of aromatic nitrogens is 3. The zero-order valence-corrected chi connectivity index (χ0v) is 17.7. The zero-order valence-electron chi connectivity index (χ0n) is 16.1. The van der Waals surface area contributed by atoms with Gasteiger partial charge in [0.15, 0.2) is 0 Å². The molecule has 3 unspecified atom stereocenters. The molecule has 1 aromatic carbocycles. The fourth-order valence-electron chi connectivity index (χ4n) is 4.94. The molecule has 1 amide bonds. The standard InChI is InChI=1S/C22H21BrN4O2/c1-13-3-2-4-17(20(13)21-24-7-8-29-21)22(28)27-16-5-6-18(27)14(9-16)10-19-25-11-15(23)12-26-19/h2-4,7-8,11-12,14,16,18H,5-6,9-10H2,1H3. The van der Waals surface area contributed by atoms with Gasteiger partial charge in [0.2, 0.25) is 5.89 Å². The van der Waals surface area contributed by atoms with Crippen LogP contribution in [0, 0.1) is 12.8 Å². The first-order valence-electron chi connectivity index (χ1n) is 9.90. The smallest absolute Gasteiger partial charge is 0.255 e. The Morgan fingerprint density at radius 2 is 2.07 bits per heavy atom. The van der Waals surface area contributed by atoms with E-state index in [0.717, 1.165) is 47.1 Å². The summed E-state index contributed by atoms with van der Waals surface area (Å²) in [6, 6.07) is 6.32. The van der Waals surface area contributed by atoms with E-state index in [9.17, 15) is 4.79 Å². The van der Waals surface area contributed by atoms with Gasteiger partial charge in [-0.15, -0.1) is 0 Å². The van der Waals surface area contributed by atoms with Crippen molar-refractivity contribution in [1.29, 1.82) is 0 Å². The number of nitrogens with zero attached hydrogens (tertiary/aromatic N) is 4. The number of oxazole rings is 1. The maximum absolute atomic E-state index is 13.6. The Morgan fingerprint density at radius 1 is 1.24 bits per heavy atom. The van der Waals surface area contributed by atoms with E-state index < -0.39 is 0 Å². The summed E-state index contributed by atoms with van der Waals surface area (Å²) in [5.74, 6) is 1.81. The Balaban J connectivity index is 1.43. The molecule has 2 fully saturated rings. The monoisotopic (exact) mass is 452 g/mol. The lowest BCUT2D eigenvalue weighted by Crippen LogP contribution is -2.37. The molecule has 29 heavy (non-hydrogen) atoms. The SMILES string of the molecule is Cc1cccc(C(=O)N2C3CCC2C(Cc2ncc(Br)cn2)C3)c1-c1ncco1. The highest BCUT2D eigenvalue weighted by Gasteiger charge is 2.49. The van der Waals surface area contributed by atoms with Crippen LogP contribution in [0.3, 0.4) is 0 Å². The van der Waals surface area contributed by atoms with E-state index in [-0.39, 0.29) is 18.0 Å². The van der Waals surface area contributed by atoms with E-state index in [1.54, 1.807) is 24.9 Å². The predicted molar refractivity (Wildman–Crippen MR) is 111 cm³/mol. The van der Waals surface area contributed by atoms with Crippen LogP contribution in [0.4, 0.5) is 0 Å². The first-order chi connectivity index (χ1) is 14.1. The van der Waals surface area contributed by atoms with Crippen LogP contribution < -0.4 is 0 Å². The summed E-state index contributed by atoms with van der Waals surface area (Å²) >= 11 is 3.38. The minimum atomic E-state index is 0.0774. The van der Waals surface area contributed by atoms with Crippen LogP contribution in [0.25, 0.3) is 11.5 Å². The second kappa shape index (κ2) is 7.37. The van der Waals surface area contributed by atoms with Crippen LogP contribution in [0.5, 0.6) is 0 Å². The summed E-state index contributed by atoms with van der Waals surface area (Å²) < 4.78 is 6.41. The molecule has 5 rings (SSSR count). The third-order valence-corrected chi connectivity index (χ3v) is 6.58. The van der Waals surface area contributed by atoms with Crippen LogP contribution in [0.15, 0.2) is 51.9 Å². The maximum Gasteiger partial charge on any atom is 0.255 e. The molecule has 148 valence electrons. The molecule has 2 saturated heterocycles. The average molecular weight is 453 g/mol. The Hall–Kier alpha value is -2.54. The lowest BCUT2D eigenvalue weighted by atomic mass is 9.86. The molecule has 2 bridgehead atoms. The summed E-state index contributed by atoms with van der Waals surface area (Å²) in [6.45, 7) is 1.99. The van der Waals surface area contributed by atoms with Crippen molar-refractivity contribution in [3.8, 4) is 11.5 Å². The fraction of sp³-hybridized carbons (Fsp3) is 0.364. The first-order valence-corrected chi connectivity index (χ1v) is 10.7. The van der Waals surface area contributed by atoms with Gasteiger partial charge in [0.25, 0.3) is 5.91 Å². The molecule has 0 spiro atoms. The summed E-state index contributed by atoms with van der Waals surface area (Å²) in [6.07, 6.45) is 10.6. The number of rotatable bonds is 4. The minimum absolute atomic E-state index is 0.0774. The van der Waals surface area contributed by atoms with E-state index >= 15 is 0 Å². The molecular formula is C22H21BrN4O2. The highest BCUT2D eigenvalue weighted by molar-refractivity contribution is 9.10. The average Bonchev–Trinajstić information content (AvgIpc) is 3.45. The zero-order chi connectivity index (χ0) is 20.0. The van der Waals surface area contributed by atoms with Gasteiger partial charge >= 0.3 is 0 Å². The lowest BCUT2D eigenvalue weighted by molar-refractivity contribution is 0.0719. The summed E-state index contributed by atoms with van der Waals surface area (Å²) in [7, 11) is 0. The number of carbonyl (C=O) groups excluding carboxylic acids is 1. The number of hydrogen-bond acceptors (Lipinski definition) is 5. The molecule has 7 heteroatoms. The predicted octanol–water partition coefficient (Wildman–Crippen LogP) is 4.44. The topological polar surface area (TPSA) is 72.1 Å². The quantitative estimate of drug-likeness (QED) is 0.584. The third-order valence-electron chi connectivity index (χ3n) is 6.17. The van der Waals surface area contributed by atoms with Gasteiger partial charge in [-0.1, -0.05) is 12.1 Å². The molecule has 0 aliphatic carbocycles. The Bertz CT molecular complexity index is 1040. The number of hydrogen-bond donors (Lipinski definition) is 0. The van der Waals surface area contributed by atoms with Gasteiger partial charge in [-0.25, -0.2) is 15.0 Å². The molecular weight excluding hydrogens is 432 g/mol. The van der Waals surface area contributed by atoms with Crippen molar-refractivity contribution >= 4 is 21.8 Å². The third kappa shape index (κ3) is 3.27. The molecule has 0 radical (unpaired) electrons. The Morgan fingerprint density at radius 3 is 2.83 bits per heavy atom. The number of aryl methyl sites for hydroxylation is 1. The van der Waals surface area contributed by atoms with E-state index in [1.807, 2.05) is 25.1 Å². The Kier molecular flexibility index (Phi) is 4.70. The largest absolute Gasteiger partial charge is 0.444 e. The van der Waals surface area contributed by atoms with Crippen LogP contribution >= 0.6 is 15.9 Å². The molecule has 0 N–H and O–H groups in total. The van der Waals surface area contributed by atoms with Crippen molar-refractivity contribution in [2.75, 3.05) is 0 Å². The van der Waals surface area contributed by atoms with Gasteiger partial charge in [-0.3, -0.25) is 4.79 Å². The van der Waals surface area contributed by atoms with Crippen molar-refractivity contribution in [3.05, 3.63) is 64.5 Å². The fourth-order valence-corrected chi connectivity index (χ4v) is 5.15.